The zero-order valence-corrected chi connectivity index (χ0v) is 6.70. The van der Waals surface area contributed by atoms with Gasteiger partial charge < -0.3 is 0 Å². The topological polar surface area (TPSA) is 40.2 Å². The molecule has 0 spiro atoms. The minimum atomic E-state index is 0.690. The van der Waals surface area contributed by atoms with E-state index in [1.54, 1.807) is 0 Å². The third kappa shape index (κ3) is 1.42. The van der Waals surface area contributed by atoms with Crippen molar-refractivity contribution >= 4 is 21.7 Å². The van der Waals surface area contributed by atoms with Crippen LogP contribution in [-0.4, -0.2) is 0 Å². The summed E-state index contributed by atoms with van der Waals surface area (Å²) in [4.78, 5) is 2.87. The monoisotopic (exact) mass is 187 g/mol. The molecule has 0 amide bonds. The van der Waals surface area contributed by atoms with E-state index in [0.717, 1.165) is 10.0 Å². The van der Waals surface area contributed by atoms with Gasteiger partial charge in [0.25, 0.3) is 5.82 Å². The summed E-state index contributed by atoms with van der Waals surface area (Å²) in [5.41, 5.74) is 6.60. The van der Waals surface area contributed by atoms with Gasteiger partial charge in [-0.25, -0.2) is 4.98 Å². The van der Waals surface area contributed by atoms with Crippen molar-refractivity contribution < 1.29 is 4.98 Å². The van der Waals surface area contributed by atoms with Crippen molar-refractivity contribution in [3.63, 3.8) is 0 Å². The molecule has 0 aromatic carbocycles. The van der Waals surface area contributed by atoms with Gasteiger partial charge in [0.2, 0.25) is 0 Å². The second-order valence-electron chi connectivity index (χ2n) is 1.92. The van der Waals surface area contributed by atoms with Crippen molar-refractivity contribution in [3.8, 4) is 0 Å². The highest BCUT2D eigenvalue weighted by atomic mass is 79.9. The Labute approximate surface area is 62.2 Å². The highest BCUT2D eigenvalue weighted by Crippen LogP contribution is 2.12. The largest absolute Gasteiger partial charge is 0.287 e. The Bertz CT molecular complexity index is 222. The SMILES string of the molecule is Cc1cc(N)[nH+]cc1Br. The van der Waals surface area contributed by atoms with E-state index in [4.69, 9.17) is 5.73 Å². The third-order valence-electron chi connectivity index (χ3n) is 1.11. The first kappa shape index (κ1) is 6.55. The van der Waals surface area contributed by atoms with E-state index in [-0.39, 0.29) is 0 Å². The first-order valence-corrected chi connectivity index (χ1v) is 3.43. The van der Waals surface area contributed by atoms with Crippen LogP contribution < -0.4 is 10.7 Å². The number of nitrogens with two attached hydrogens (primary N) is 1. The Morgan fingerprint density at radius 3 is 2.78 bits per heavy atom. The summed E-state index contributed by atoms with van der Waals surface area (Å²) in [6.07, 6.45) is 1.82. The zero-order valence-electron chi connectivity index (χ0n) is 5.11. The van der Waals surface area contributed by atoms with Crippen LogP contribution in [0.15, 0.2) is 16.7 Å². The summed E-state index contributed by atoms with van der Waals surface area (Å²) in [6.45, 7) is 1.99. The molecule has 0 fully saturated rings. The second kappa shape index (κ2) is 2.35. The van der Waals surface area contributed by atoms with Crippen LogP contribution in [0.2, 0.25) is 0 Å². The number of aryl methyl sites for hydroxylation is 1. The van der Waals surface area contributed by atoms with Crippen molar-refractivity contribution in [2.24, 2.45) is 0 Å². The molecule has 0 aliphatic heterocycles. The summed E-state index contributed by atoms with van der Waals surface area (Å²) in [7, 11) is 0. The molecule has 0 saturated heterocycles. The Morgan fingerprint density at radius 2 is 2.33 bits per heavy atom. The van der Waals surface area contributed by atoms with Crippen LogP contribution in [0.5, 0.6) is 0 Å². The van der Waals surface area contributed by atoms with E-state index < -0.39 is 0 Å². The van der Waals surface area contributed by atoms with Crippen molar-refractivity contribution in [2.75, 3.05) is 5.73 Å². The molecule has 1 heterocycles. The molecule has 0 aliphatic carbocycles. The lowest BCUT2D eigenvalue weighted by Crippen LogP contribution is -2.09. The van der Waals surface area contributed by atoms with E-state index >= 15 is 0 Å². The number of nitrogen functional groups attached to an aromatic ring is 1. The van der Waals surface area contributed by atoms with Gasteiger partial charge in [0, 0.05) is 6.07 Å². The lowest BCUT2D eigenvalue weighted by molar-refractivity contribution is -0.361. The quantitative estimate of drug-likeness (QED) is 0.651. The normalized spacial score (nSPS) is 9.56. The minimum absolute atomic E-state index is 0.690. The van der Waals surface area contributed by atoms with Gasteiger partial charge in [-0.15, -0.1) is 0 Å². The van der Waals surface area contributed by atoms with Gasteiger partial charge >= 0.3 is 0 Å². The van der Waals surface area contributed by atoms with Crippen LogP contribution in [0.25, 0.3) is 0 Å². The molecule has 0 atom stereocenters. The molecule has 0 radical (unpaired) electrons. The average Bonchev–Trinajstić information content (AvgIpc) is 1.80. The molecule has 2 nitrogen and oxygen atoms in total. The van der Waals surface area contributed by atoms with Crippen LogP contribution >= 0.6 is 15.9 Å². The Balaban J connectivity index is 3.17. The van der Waals surface area contributed by atoms with Gasteiger partial charge in [-0.1, -0.05) is 0 Å². The van der Waals surface area contributed by atoms with Crippen LogP contribution in [0.1, 0.15) is 5.56 Å². The molecule has 1 aromatic rings. The first-order chi connectivity index (χ1) is 4.20. The smallest absolute Gasteiger partial charge is 0.270 e. The number of halogens is 1. The Hall–Kier alpha value is -0.570. The maximum atomic E-state index is 5.45. The van der Waals surface area contributed by atoms with Crippen LogP contribution in [-0.2, 0) is 0 Å². The average molecular weight is 188 g/mol. The minimum Gasteiger partial charge on any atom is -0.287 e. The molecule has 3 N–H and O–H groups in total. The first-order valence-electron chi connectivity index (χ1n) is 2.63. The number of hydrogen-bond donors (Lipinski definition) is 1. The molecule has 1 rings (SSSR count). The van der Waals surface area contributed by atoms with Gasteiger partial charge in [-0.05, 0) is 28.4 Å². The Morgan fingerprint density at radius 1 is 1.67 bits per heavy atom. The number of aromatic nitrogens is 1. The van der Waals surface area contributed by atoms with Crippen LogP contribution in [0.4, 0.5) is 5.82 Å². The zero-order chi connectivity index (χ0) is 6.85. The van der Waals surface area contributed by atoms with Crippen LogP contribution in [0, 0.1) is 6.92 Å². The highest BCUT2D eigenvalue weighted by molar-refractivity contribution is 9.10. The van der Waals surface area contributed by atoms with Gasteiger partial charge in [-0.3, -0.25) is 5.73 Å². The number of H-pyrrole nitrogens is 1. The van der Waals surface area contributed by atoms with Gasteiger partial charge in [0.1, 0.15) is 6.20 Å². The third-order valence-corrected chi connectivity index (χ3v) is 1.97. The molecule has 0 bridgehead atoms. The fourth-order valence-electron chi connectivity index (χ4n) is 0.604. The summed E-state index contributed by atoms with van der Waals surface area (Å²) in [5, 5.41) is 0. The van der Waals surface area contributed by atoms with Gasteiger partial charge in [-0.2, -0.15) is 0 Å². The summed E-state index contributed by atoms with van der Waals surface area (Å²) >= 11 is 3.34. The summed E-state index contributed by atoms with van der Waals surface area (Å²) in [6, 6.07) is 1.88. The molecule has 1 aromatic heterocycles. The molecular weight excluding hydrogens is 180 g/mol. The predicted molar refractivity (Wildman–Crippen MR) is 39.8 cm³/mol. The summed E-state index contributed by atoms with van der Waals surface area (Å²) in [5.74, 6) is 0.690. The number of anilines is 1. The molecule has 0 saturated carbocycles. The Kier molecular flexibility index (Phi) is 1.71. The lowest BCUT2D eigenvalue weighted by Gasteiger charge is -1.91. The number of pyridine rings is 1. The lowest BCUT2D eigenvalue weighted by atomic mass is 10.3. The van der Waals surface area contributed by atoms with Crippen LogP contribution in [0.3, 0.4) is 0 Å². The van der Waals surface area contributed by atoms with E-state index in [2.05, 4.69) is 20.9 Å². The molecule has 3 heteroatoms. The molecular formula is C6H8BrN2+. The van der Waals surface area contributed by atoms with Gasteiger partial charge in [0.05, 0.1) is 4.47 Å². The van der Waals surface area contributed by atoms with Gasteiger partial charge in [0.15, 0.2) is 0 Å². The number of aromatic amines is 1. The fourth-order valence-corrected chi connectivity index (χ4v) is 0.833. The predicted octanol–water partition coefficient (Wildman–Crippen LogP) is 1.15. The molecule has 9 heavy (non-hydrogen) atoms. The van der Waals surface area contributed by atoms with E-state index in [1.165, 1.54) is 0 Å². The molecule has 48 valence electrons. The molecule has 0 aliphatic rings. The van der Waals surface area contributed by atoms with Crippen molar-refractivity contribution in [2.45, 2.75) is 6.92 Å². The maximum Gasteiger partial charge on any atom is 0.270 e. The molecule has 0 unspecified atom stereocenters. The van der Waals surface area contributed by atoms with E-state index in [1.807, 2.05) is 19.2 Å². The number of rotatable bonds is 0. The fraction of sp³-hybridized carbons (Fsp3) is 0.167. The van der Waals surface area contributed by atoms with E-state index in [9.17, 15) is 0 Å². The van der Waals surface area contributed by atoms with Crippen molar-refractivity contribution in [3.05, 3.63) is 22.3 Å². The van der Waals surface area contributed by atoms with E-state index in [0.29, 0.717) is 5.82 Å². The number of hydrogen-bond acceptors (Lipinski definition) is 1. The second-order valence-corrected chi connectivity index (χ2v) is 2.77. The summed E-state index contributed by atoms with van der Waals surface area (Å²) < 4.78 is 1.05. The maximum absolute atomic E-state index is 5.45. The number of nitrogens with one attached hydrogen (secondary N) is 1. The van der Waals surface area contributed by atoms with Crippen molar-refractivity contribution in [1.82, 2.24) is 0 Å². The highest BCUT2D eigenvalue weighted by Gasteiger charge is 1.96. The standard InChI is InChI=1S/C6H7BrN2/c1-4-2-6(8)9-3-5(4)7/h2-3H,1H3,(H2,8,9)/p+1. The van der Waals surface area contributed by atoms with Crippen molar-refractivity contribution in [1.29, 1.82) is 0 Å².